The number of fused-ring (bicyclic) bond motifs is 3. The third-order valence-corrected chi connectivity index (χ3v) is 11.9. The minimum atomic E-state index is -0.818. The maximum atomic E-state index is 6.64. The summed E-state index contributed by atoms with van der Waals surface area (Å²) in [4.78, 5) is 0. The molecule has 4 atom stereocenters. The van der Waals surface area contributed by atoms with Crippen molar-refractivity contribution in [2.24, 2.45) is 28.9 Å². The highest BCUT2D eigenvalue weighted by Crippen LogP contribution is 2.65. The number of hydrogen-bond donors (Lipinski definition) is 1. The highest BCUT2D eigenvalue weighted by Gasteiger charge is 2.60. The van der Waals surface area contributed by atoms with Crippen LogP contribution >= 0.6 is 11.9 Å². The molecule has 3 heteroatoms. The standard InChI is InChI=1S/C39H52ClNO.3C2H6/c1-10-31-32(11-2)35(23(3)4)26(7)39(42-40)27(8)37-25(6)36-24(5)30(22-41)19-29(18-17-28-15-13-12-14-16-28)33(36)20-38(37,9)21-34(31)39;3*1-2/h11,19,28,31,34H,2-3,6-7,10,12-18,20-22,41H2,1,4-5,8-9H3;3*1-2H3/t31-,34+,38+,39-;;;/m1.../s1. The Balaban J connectivity index is 0.00000126. The normalized spacial score (nSPS) is 26.4. The average Bonchev–Trinajstić information content (AvgIpc) is 3.10. The number of rotatable bonds is 8. The van der Waals surface area contributed by atoms with Gasteiger partial charge in [-0.2, -0.15) is 0 Å². The van der Waals surface area contributed by atoms with Crippen molar-refractivity contribution in [2.45, 2.75) is 153 Å². The van der Waals surface area contributed by atoms with E-state index < -0.39 is 5.60 Å². The van der Waals surface area contributed by atoms with E-state index in [1.165, 1.54) is 77.5 Å². The third-order valence-electron chi connectivity index (χ3n) is 11.7. The summed E-state index contributed by atoms with van der Waals surface area (Å²) in [7, 11) is 0. The lowest BCUT2D eigenvalue weighted by atomic mass is 9.48. The number of aryl methyl sites for hydroxylation is 1. The van der Waals surface area contributed by atoms with Crippen molar-refractivity contribution in [3.63, 3.8) is 0 Å². The summed E-state index contributed by atoms with van der Waals surface area (Å²) in [6, 6.07) is 2.43. The molecule has 5 rings (SSSR count). The van der Waals surface area contributed by atoms with Crippen molar-refractivity contribution in [2.75, 3.05) is 0 Å². The van der Waals surface area contributed by atoms with E-state index in [0.29, 0.717) is 6.54 Å². The zero-order valence-electron chi connectivity index (χ0n) is 32.9. The van der Waals surface area contributed by atoms with Crippen molar-refractivity contribution >= 4 is 17.4 Å². The van der Waals surface area contributed by atoms with Gasteiger partial charge in [-0.1, -0.05) is 132 Å². The highest BCUT2D eigenvalue weighted by atomic mass is 35.5. The number of allylic oxidation sites excluding steroid dienone is 5. The van der Waals surface area contributed by atoms with Crippen LogP contribution in [0.3, 0.4) is 0 Å². The molecular formula is C45H70ClNO. The lowest BCUT2D eigenvalue weighted by Gasteiger charge is -2.58. The Bertz CT molecular complexity index is 1400. The van der Waals surface area contributed by atoms with Gasteiger partial charge in [-0.3, -0.25) is 4.29 Å². The van der Waals surface area contributed by atoms with E-state index in [1.54, 1.807) is 0 Å². The first-order valence-corrected chi connectivity index (χ1v) is 19.6. The van der Waals surface area contributed by atoms with Gasteiger partial charge in [0, 0.05) is 12.5 Å². The van der Waals surface area contributed by atoms with E-state index in [1.807, 2.05) is 47.6 Å². The molecule has 2 N–H and O–H groups in total. The van der Waals surface area contributed by atoms with Crippen LogP contribution in [-0.2, 0) is 23.7 Å². The van der Waals surface area contributed by atoms with Gasteiger partial charge < -0.3 is 5.73 Å². The summed E-state index contributed by atoms with van der Waals surface area (Å²) < 4.78 is 6.19. The van der Waals surface area contributed by atoms with Crippen LogP contribution in [0.1, 0.15) is 148 Å². The maximum Gasteiger partial charge on any atom is 0.139 e. The first-order valence-electron chi connectivity index (χ1n) is 19.3. The predicted octanol–water partition coefficient (Wildman–Crippen LogP) is 13.5. The molecule has 0 bridgehead atoms. The van der Waals surface area contributed by atoms with Crippen LogP contribution < -0.4 is 5.73 Å². The Kier molecular flexibility index (Phi) is 15.9. The fraction of sp³-hybridized carbons (Fsp3) is 0.600. The molecule has 0 aromatic heterocycles. The van der Waals surface area contributed by atoms with Crippen LogP contribution in [0.15, 0.2) is 71.9 Å². The van der Waals surface area contributed by atoms with Gasteiger partial charge in [-0.05, 0) is 131 Å². The van der Waals surface area contributed by atoms with Gasteiger partial charge in [-0.25, -0.2) is 0 Å². The molecule has 4 aliphatic rings. The Morgan fingerprint density at radius 1 is 1.04 bits per heavy atom. The highest BCUT2D eigenvalue weighted by molar-refractivity contribution is 6.08. The SMILES string of the molecule is C=CC1=C(C(=C)C)C(=C)[C@@]2(OCl)C(C)=C3C(=C)c4c(C)c(CN)cc(CCC5CCCCC5)c4C[C@@]3(C)C[C@H]2[C@@H]1CC.CC.CC.CC. The molecule has 0 saturated heterocycles. The molecule has 0 radical (unpaired) electrons. The van der Waals surface area contributed by atoms with Gasteiger partial charge in [0.2, 0.25) is 0 Å². The monoisotopic (exact) mass is 676 g/mol. The quantitative estimate of drug-likeness (QED) is 0.297. The molecule has 1 saturated carbocycles. The topological polar surface area (TPSA) is 35.2 Å². The molecule has 0 unspecified atom stereocenters. The molecule has 0 spiro atoms. The van der Waals surface area contributed by atoms with E-state index in [0.717, 1.165) is 59.5 Å². The molecule has 268 valence electrons. The van der Waals surface area contributed by atoms with Crippen LogP contribution in [0, 0.1) is 30.1 Å². The van der Waals surface area contributed by atoms with Crippen LogP contribution in [0.5, 0.6) is 0 Å². The first-order chi connectivity index (χ1) is 23.0. The third kappa shape index (κ3) is 7.19. The lowest BCUT2D eigenvalue weighted by Crippen LogP contribution is -2.55. The Morgan fingerprint density at radius 3 is 2.15 bits per heavy atom. The van der Waals surface area contributed by atoms with E-state index in [2.05, 4.69) is 60.4 Å². The maximum absolute atomic E-state index is 6.64. The van der Waals surface area contributed by atoms with Crippen molar-refractivity contribution in [1.29, 1.82) is 0 Å². The second-order valence-corrected chi connectivity index (χ2v) is 14.2. The van der Waals surface area contributed by atoms with Crippen molar-refractivity contribution in [1.82, 2.24) is 0 Å². The smallest absolute Gasteiger partial charge is 0.139 e. The number of hydrogen-bond acceptors (Lipinski definition) is 2. The van der Waals surface area contributed by atoms with E-state index in [4.69, 9.17) is 28.5 Å². The van der Waals surface area contributed by atoms with E-state index in [9.17, 15) is 0 Å². The van der Waals surface area contributed by atoms with Crippen LogP contribution in [0.25, 0.3) is 5.57 Å². The molecule has 1 fully saturated rings. The fourth-order valence-electron chi connectivity index (χ4n) is 9.81. The molecule has 0 aliphatic heterocycles. The first kappa shape index (κ1) is 42.0. The molecule has 4 aliphatic carbocycles. The van der Waals surface area contributed by atoms with Crippen LogP contribution in [0.4, 0.5) is 0 Å². The second kappa shape index (κ2) is 18.2. The number of halogens is 1. The molecule has 0 amide bonds. The van der Waals surface area contributed by atoms with Crippen molar-refractivity contribution in [3.05, 3.63) is 99.7 Å². The minimum Gasteiger partial charge on any atom is -0.326 e. The van der Waals surface area contributed by atoms with Gasteiger partial charge >= 0.3 is 0 Å². The van der Waals surface area contributed by atoms with Gasteiger partial charge in [0.25, 0.3) is 0 Å². The summed E-state index contributed by atoms with van der Waals surface area (Å²) in [5, 5.41) is 0. The Morgan fingerprint density at radius 2 is 1.65 bits per heavy atom. The van der Waals surface area contributed by atoms with Crippen LogP contribution in [0.2, 0.25) is 0 Å². The molecule has 0 heterocycles. The predicted molar refractivity (Wildman–Crippen MR) is 214 cm³/mol. The Labute approximate surface area is 301 Å². The van der Waals surface area contributed by atoms with Gasteiger partial charge in [0.15, 0.2) is 0 Å². The van der Waals surface area contributed by atoms with Crippen molar-refractivity contribution in [3.8, 4) is 0 Å². The van der Waals surface area contributed by atoms with Crippen LogP contribution in [-0.4, -0.2) is 5.60 Å². The summed E-state index contributed by atoms with van der Waals surface area (Å²) >= 11 is 6.64. The zero-order valence-corrected chi connectivity index (χ0v) is 33.6. The summed E-state index contributed by atoms with van der Waals surface area (Å²) in [6.07, 6.45) is 14.3. The van der Waals surface area contributed by atoms with Gasteiger partial charge in [-0.15, -0.1) is 0 Å². The largest absolute Gasteiger partial charge is 0.326 e. The molecule has 48 heavy (non-hydrogen) atoms. The van der Waals surface area contributed by atoms with Gasteiger partial charge in [0.1, 0.15) is 5.60 Å². The van der Waals surface area contributed by atoms with Gasteiger partial charge in [0.05, 0.1) is 11.9 Å². The molecular weight excluding hydrogens is 606 g/mol. The molecule has 1 aromatic carbocycles. The summed E-state index contributed by atoms with van der Waals surface area (Å²) in [5.74, 6) is 1.23. The average molecular weight is 677 g/mol. The van der Waals surface area contributed by atoms with Crippen molar-refractivity contribution < 1.29 is 4.29 Å². The summed E-state index contributed by atoms with van der Waals surface area (Å²) in [6.45, 7) is 41.9. The minimum absolute atomic E-state index is 0.0886. The van der Waals surface area contributed by atoms with E-state index >= 15 is 0 Å². The number of benzene rings is 1. The molecule has 2 nitrogen and oxygen atoms in total. The summed E-state index contributed by atoms with van der Waals surface area (Å²) in [5.41, 5.74) is 20.0. The van der Waals surface area contributed by atoms with E-state index in [-0.39, 0.29) is 17.3 Å². The number of nitrogens with two attached hydrogens (primary N) is 1. The lowest BCUT2D eigenvalue weighted by molar-refractivity contribution is 0.0162. The molecule has 1 aromatic rings. The zero-order chi connectivity index (χ0) is 36.6. The second-order valence-electron chi connectivity index (χ2n) is 14.1. The fourth-order valence-corrected chi connectivity index (χ4v) is 10.1. The Hall–Kier alpha value is -2.13.